The molecule has 0 bridgehead atoms. The smallest absolute Gasteiger partial charge is 0.265 e. The number of hydrogen-bond donors (Lipinski definition) is 1. The van der Waals surface area contributed by atoms with Crippen molar-refractivity contribution in [2.45, 2.75) is 13.0 Å². The number of carbonyl (C=O) groups is 2. The van der Waals surface area contributed by atoms with Crippen LogP contribution < -0.4 is 10.1 Å². The maximum atomic E-state index is 12.5. The Morgan fingerprint density at radius 3 is 2.90 bits per heavy atom. The number of Topliss-reactive ketones (excluding diaryl/α,β-unsaturated/α-hetero) is 1. The van der Waals surface area contributed by atoms with Crippen molar-refractivity contribution in [2.24, 2.45) is 4.99 Å². The van der Waals surface area contributed by atoms with Gasteiger partial charge in [0.1, 0.15) is 22.8 Å². The molecule has 0 spiro atoms. The van der Waals surface area contributed by atoms with Gasteiger partial charge in [0.25, 0.3) is 5.91 Å². The minimum Gasteiger partial charge on any atom is -0.479 e. The van der Waals surface area contributed by atoms with Gasteiger partial charge in [0.2, 0.25) is 5.89 Å². The molecule has 152 valence electrons. The summed E-state index contributed by atoms with van der Waals surface area (Å²) in [5.74, 6) is -0.00646. The third kappa shape index (κ3) is 4.08. The molecule has 0 unspecified atom stereocenters. The van der Waals surface area contributed by atoms with E-state index in [0.717, 1.165) is 0 Å². The number of nitrogens with zero attached hydrogens (tertiary/aromatic N) is 2. The monoisotopic (exact) mass is 443 g/mol. The first-order valence-electron chi connectivity index (χ1n) is 8.98. The van der Waals surface area contributed by atoms with E-state index >= 15 is 0 Å². The summed E-state index contributed by atoms with van der Waals surface area (Å²) in [6.07, 6.45) is 2.29. The highest BCUT2D eigenvalue weighted by atomic mass is 35.5. The van der Waals surface area contributed by atoms with Gasteiger partial charge < -0.3 is 14.5 Å². The Balaban J connectivity index is 1.50. The summed E-state index contributed by atoms with van der Waals surface area (Å²) >= 11 is 12.1. The molecular formula is C21H15Cl2N3O4. The van der Waals surface area contributed by atoms with E-state index in [1.165, 1.54) is 0 Å². The van der Waals surface area contributed by atoms with Gasteiger partial charge in [-0.25, -0.2) is 4.98 Å². The Hall–Kier alpha value is -3.16. The number of dihydropyridines is 1. The topological polar surface area (TPSA) is 93.8 Å². The maximum Gasteiger partial charge on any atom is 0.265 e. The molecule has 0 fully saturated rings. The van der Waals surface area contributed by atoms with Crippen molar-refractivity contribution >= 4 is 63.5 Å². The van der Waals surface area contributed by atoms with Crippen molar-refractivity contribution in [1.82, 2.24) is 4.98 Å². The van der Waals surface area contributed by atoms with Crippen LogP contribution in [-0.2, 0) is 9.59 Å². The zero-order chi connectivity index (χ0) is 21.3. The second-order valence-corrected chi connectivity index (χ2v) is 7.28. The number of amides is 1. The summed E-state index contributed by atoms with van der Waals surface area (Å²) in [5, 5.41) is 3.34. The molecule has 30 heavy (non-hydrogen) atoms. The van der Waals surface area contributed by atoms with Crippen LogP contribution in [-0.4, -0.2) is 35.5 Å². The van der Waals surface area contributed by atoms with Crippen LogP contribution in [0.25, 0.3) is 16.7 Å². The molecule has 1 N–H and O–H groups in total. The van der Waals surface area contributed by atoms with E-state index in [1.54, 1.807) is 55.6 Å². The number of allylic oxidation sites excluding steroid dienone is 1. The lowest BCUT2D eigenvalue weighted by molar-refractivity contribution is -0.122. The molecule has 1 amide bonds. The highest BCUT2D eigenvalue weighted by Gasteiger charge is 2.20. The fraction of sp³-hybridized carbons (Fsp3) is 0.143. The highest BCUT2D eigenvalue weighted by Crippen LogP contribution is 2.32. The Kier molecular flexibility index (Phi) is 5.57. The van der Waals surface area contributed by atoms with E-state index in [0.29, 0.717) is 33.1 Å². The summed E-state index contributed by atoms with van der Waals surface area (Å²) in [7, 11) is 0. The number of carbonyl (C=O) groups excluding carboxylic acids is 2. The molecule has 1 aliphatic rings. The predicted octanol–water partition coefficient (Wildman–Crippen LogP) is 4.58. The average Bonchev–Trinajstić information content (AvgIpc) is 3.14. The normalized spacial score (nSPS) is 14.5. The van der Waals surface area contributed by atoms with Crippen LogP contribution in [0.3, 0.4) is 0 Å². The van der Waals surface area contributed by atoms with Crippen molar-refractivity contribution in [3.63, 3.8) is 0 Å². The predicted molar refractivity (Wildman–Crippen MR) is 116 cm³/mol. The lowest BCUT2D eigenvalue weighted by Gasteiger charge is -2.16. The van der Waals surface area contributed by atoms with Crippen LogP contribution in [0.2, 0.25) is 10.0 Å². The fourth-order valence-corrected chi connectivity index (χ4v) is 3.15. The third-order valence-corrected chi connectivity index (χ3v) is 5.16. The van der Waals surface area contributed by atoms with Crippen LogP contribution >= 0.6 is 23.2 Å². The third-order valence-electron chi connectivity index (χ3n) is 4.36. The van der Waals surface area contributed by atoms with Crippen molar-refractivity contribution in [1.29, 1.82) is 0 Å². The van der Waals surface area contributed by atoms with E-state index in [1.807, 2.05) is 0 Å². The lowest BCUT2D eigenvalue weighted by atomic mass is 10.1. The van der Waals surface area contributed by atoms with Gasteiger partial charge in [0.05, 0.1) is 10.6 Å². The number of benzene rings is 2. The molecule has 2 aromatic carbocycles. The Morgan fingerprint density at radius 1 is 1.27 bits per heavy atom. The number of ketones is 1. The molecule has 3 aromatic rings. The zero-order valence-corrected chi connectivity index (χ0v) is 17.2. The molecule has 7 nitrogen and oxygen atoms in total. The van der Waals surface area contributed by atoms with Crippen molar-refractivity contribution < 1.29 is 18.7 Å². The lowest BCUT2D eigenvalue weighted by Crippen LogP contribution is -2.30. The van der Waals surface area contributed by atoms with Gasteiger partial charge in [0.15, 0.2) is 17.5 Å². The van der Waals surface area contributed by atoms with E-state index in [4.69, 9.17) is 32.4 Å². The maximum absolute atomic E-state index is 12.5. The van der Waals surface area contributed by atoms with E-state index < -0.39 is 6.10 Å². The minimum atomic E-state index is -0.825. The number of nitrogens with one attached hydrogen (secondary N) is 1. The van der Waals surface area contributed by atoms with Crippen LogP contribution in [0.5, 0.6) is 5.75 Å². The molecule has 0 radical (unpaired) electrons. The molecule has 2 heterocycles. The Bertz CT molecular complexity index is 1220. The van der Waals surface area contributed by atoms with Crippen molar-refractivity contribution in [2.75, 3.05) is 11.9 Å². The number of aliphatic imine (C=N–C) groups is 1. The first-order valence-corrected chi connectivity index (χ1v) is 9.74. The minimum absolute atomic E-state index is 0.0698. The largest absolute Gasteiger partial charge is 0.479 e. The SMILES string of the molecule is C[C@H](Oc1cccc(Cl)c1Cl)C(=O)Nc1ccc2oc(C3=CC=NCC3=O)nc2c1. The molecule has 0 aliphatic carbocycles. The molecule has 9 heteroatoms. The Morgan fingerprint density at radius 2 is 2.10 bits per heavy atom. The van der Waals surface area contributed by atoms with Gasteiger partial charge in [-0.05, 0) is 43.3 Å². The number of aromatic nitrogens is 1. The molecule has 1 atom stereocenters. The quantitative estimate of drug-likeness (QED) is 0.622. The molecule has 1 aliphatic heterocycles. The molecule has 1 aromatic heterocycles. The number of halogens is 2. The van der Waals surface area contributed by atoms with Gasteiger partial charge in [0, 0.05) is 11.9 Å². The highest BCUT2D eigenvalue weighted by molar-refractivity contribution is 6.42. The van der Waals surface area contributed by atoms with Crippen molar-refractivity contribution in [3.8, 4) is 5.75 Å². The van der Waals surface area contributed by atoms with E-state index in [2.05, 4.69) is 15.3 Å². The summed E-state index contributed by atoms with van der Waals surface area (Å²) in [4.78, 5) is 32.8. The van der Waals surface area contributed by atoms with Gasteiger partial charge in [-0.3, -0.25) is 14.6 Å². The first kappa shape index (κ1) is 20.1. The van der Waals surface area contributed by atoms with Gasteiger partial charge in [-0.1, -0.05) is 29.3 Å². The summed E-state index contributed by atoms with van der Waals surface area (Å²) in [5.41, 5.74) is 1.87. The van der Waals surface area contributed by atoms with Crippen LogP contribution in [0, 0.1) is 0 Å². The number of fused-ring (bicyclic) bond motifs is 1. The zero-order valence-electron chi connectivity index (χ0n) is 15.7. The van der Waals surface area contributed by atoms with Crippen molar-refractivity contribution in [3.05, 3.63) is 58.4 Å². The summed E-state index contributed by atoms with van der Waals surface area (Å²) < 4.78 is 11.3. The van der Waals surface area contributed by atoms with Gasteiger partial charge in [-0.15, -0.1) is 0 Å². The fourth-order valence-electron chi connectivity index (χ4n) is 2.81. The first-order chi connectivity index (χ1) is 14.4. The molecule has 0 saturated carbocycles. The standard InChI is InChI=1S/C21H15Cl2N3O4/c1-11(29-18-4-2-3-14(22)19(18)23)20(28)25-12-5-6-17-15(9-12)26-21(30-17)13-7-8-24-10-16(13)27/h2-9,11H,10H2,1H3,(H,25,28)/t11-/m0/s1. The second kappa shape index (κ2) is 8.30. The van der Waals surface area contributed by atoms with Crippen LogP contribution in [0.4, 0.5) is 5.69 Å². The molecular weight excluding hydrogens is 429 g/mol. The van der Waals surface area contributed by atoms with Gasteiger partial charge in [-0.2, -0.15) is 0 Å². The average molecular weight is 444 g/mol. The second-order valence-electron chi connectivity index (χ2n) is 6.50. The van der Waals surface area contributed by atoms with Crippen LogP contribution in [0.1, 0.15) is 12.8 Å². The molecule has 4 rings (SSSR count). The summed E-state index contributed by atoms with van der Waals surface area (Å²) in [6.45, 7) is 1.67. The Labute approximate surface area is 181 Å². The number of anilines is 1. The van der Waals surface area contributed by atoms with E-state index in [9.17, 15) is 9.59 Å². The van der Waals surface area contributed by atoms with Gasteiger partial charge >= 0.3 is 0 Å². The number of ether oxygens (including phenoxy) is 1. The van der Waals surface area contributed by atoms with Crippen LogP contribution in [0.15, 0.2) is 51.9 Å². The summed E-state index contributed by atoms with van der Waals surface area (Å²) in [6, 6.07) is 9.94. The van der Waals surface area contributed by atoms with E-state index in [-0.39, 0.29) is 29.1 Å². The number of rotatable bonds is 5. The number of hydrogen-bond acceptors (Lipinski definition) is 6. The number of oxazole rings is 1. The molecule has 0 saturated heterocycles.